The molecule has 0 saturated heterocycles. The summed E-state index contributed by atoms with van der Waals surface area (Å²) in [4.78, 5) is 0. The molecule has 1 aromatic heterocycles. The van der Waals surface area contributed by atoms with E-state index in [1.54, 1.807) is 5.10 Å². The van der Waals surface area contributed by atoms with E-state index in [1.165, 1.54) is 0 Å². The third kappa shape index (κ3) is 3.08. The van der Waals surface area contributed by atoms with Gasteiger partial charge >= 0.3 is 12.4 Å². The summed E-state index contributed by atoms with van der Waals surface area (Å²) < 4.78 is 132. The van der Waals surface area contributed by atoms with Gasteiger partial charge in [-0.25, -0.2) is 17.6 Å². The van der Waals surface area contributed by atoms with Crippen LogP contribution in [0.1, 0.15) is 11.1 Å². The van der Waals surface area contributed by atoms with E-state index in [4.69, 9.17) is 0 Å². The quantitative estimate of drug-likeness (QED) is 0.310. The Balaban J connectivity index is 2.38. The molecule has 1 N–H and O–H groups in total. The Kier molecular flexibility index (Phi) is 4.12. The van der Waals surface area contributed by atoms with E-state index in [2.05, 4.69) is 5.10 Å². The van der Waals surface area contributed by atoms with Crippen molar-refractivity contribution in [1.29, 1.82) is 0 Å². The predicted octanol–water partition coefficient (Wildman–Crippen LogP) is 5.82. The van der Waals surface area contributed by atoms with Crippen molar-refractivity contribution >= 4 is 10.9 Å². The summed E-state index contributed by atoms with van der Waals surface area (Å²) in [5, 5.41) is 3.86. The number of alkyl halides is 6. The molecular formula is C15H4F10N2. The molecule has 2 nitrogen and oxygen atoms in total. The fraction of sp³-hybridized carbons (Fsp3) is 0.133. The Hall–Kier alpha value is -2.79. The number of aromatic nitrogens is 2. The minimum absolute atomic E-state index is 0.185. The normalized spacial score (nSPS) is 12.8. The minimum Gasteiger partial charge on any atom is -0.274 e. The SMILES string of the molecule is Fc1c(F)c(F)c2c(-c3cc(C(F)(F)F)cc(C(F)(F)F)c3)n[nH]c2c1F. The molecule has 0 radical (unpaired) electrons. The molecule has 0 saturated carbocycles. The zero-order valence-electron chi connectivity index (χ0n) is 12.5. The summed E-state index contributed by atoms with van der Waals surface area (Å²) in [6, 6.07) is 0.211. The number of hydrogen-bond acceptors (Lipinski definition) is 1. The maximum absolute atomic E-state index is 14.0. The van der Waals surface area contributed by atoms with Crippen molar-refractivity contribution < 1.29 is 43.9 Å². The molecule has 0 spiro atoms. The Morgan fingerprint density at radius 2 is 1.15 bits per heavy atom. The first-order valence-electron chi connectivity index (χ1n) is 6.82. The van der Waals surface area contributed by atoms with Gasteiger partial charge in [0.05, 0.1) is 16.5 Å². The van der Waals surface area contributed by atoms with Crippen LogP contribution in [-0.4, -0.2) is 10.2 Å². The standard InChI is InChI=1S/C15H4F10N2/c16-8-7-12(26-27-13(7)11(19)10(18)9(8)17)4-1-5(14(20,21)22)3-6(2-4)15(23,24)25/h1-3H,(H,26,27). The van der Waals surface area contributed by atoms with Gasteiger partial charge in [-0.15, -0.1) is 0 Å². The molecule has 0 unspecified atom stereocenters. The average molecular weight is 402 g/mol. The second kappa shape index (κ2) is 5.86. The maximum Gasteiger partial charge on any atom is 0.416 e. The number of rotatable bonds is 1. The summed E-state index contributed by atoms with van der Waals surface area (Å²) >= 11 is 0. The van der Waals surface area contributed by atoms with Crippen molar-refractivity contribution in [3.8, 4) is 11.3 Å². The lowest BCUT2D eigenvalue weighted by atomic mass is 10.0. The Morgan fingerprint density at radius 1 is 0.667 bits per heavy atom. The van der Waals surface area contributed by atoms with Gasteiger partial charge in [0.1, 0.15) is 11.2 Å². The molecule has 3 rings (SSSR count). The maximum atomic E-state index is 14.0. The molecule has 2 aromatic carbocycles. The van der Waals surface area contributed by atoms with Crippen LogP contribution in [0, 0.1) is 23.3 Å². The fourth-order valence-corrected chi connectivity index (χ4v) is 2.43. The van der Waals surface area contributed by atoms with Crippen LogP contribution in [-0.2, 0) is 12.4 Å². The smallest absolute Gasteiger partial charge is 0.274 e. The van der Waals surface area contributed by atoms with Crippen molar-refractivity contribution in [2.45, 2.75) is 12.4 Å². The second-order valence-corrected chi connectivity index (χ2v) is 5.37. The van der Waals surface area contributed by atoms with Crippen LogP contribution in [0.4, 0.5) is 43.9 Å². The van der Waals surface area contributed by atoms with Gasteiger partial charge in [-0.3, -0.25) is 5.10 Å². The van der Waals surface area contributed by atoms with E-state index < -0.39 is 68.9 Å². The molecule has 3 aromatic rings. The molecule has 144 valence electrons. The number of halogens is 10. The Bertz CT molecular complexity index is 1010. The van der Waals surface area contributed by atoms with E-state index >= 15 is 0 Å². The molecule has 27 heavy (non-hydrogen) atoms. The number of fused-ring (bicyclic) bond motifs is 1. The molecular weight excluding hydrogens is 398 g/mol. The third-order valence-corrected chi connectivity index (χ3v) is 3.64. The van der Waals surface area contributed by atoms with Gasteiger partial charge in [-0.2, -0.15) is 31.4 Å². The number of H-pyrrole nitrogens is 1. The van der Waals surface area contributed by atoms with E-state index in [1.807, 2.05) is 0 Å². The zero-order valence-corrected chi connectivity index (χ0v) is 12.5. The molecule has 0 aliphatic rings. The largest absolute Gasteiger partial charge is 0.416 e. The molecule has 0 aliphatic heterocycles. The topological polar surface area (TPSA) is 28.7 Å². The van der Waals surface area contributed by atoms with Gasteiger partial charge in [0.15, 0.2) is 23.3 Å². The van der Waals surface area contributed by atoms with Crippen LogP contribution in [0.15, 0.2) is 18.2 Å². The zero-order chi connectivity index (χ0) is 20.3. The number of nitrogens with zero attached hydrogens (tertiary/aromatic N) is 1. The molecule has 0 fully saturated rings. The van der Waals surface area contributed by atoms with E-state index in [9.17, 15) is 43.9 Å². The molecule has 0 aliphatic carbocycles. The van der Waals surface area contributed by atoms with Crippen molar-refractivity contribution in [2.24, 2.45) is 0 Å². The second-order valence-electron chi connectivity index (χ2n) is 5.37. The van der Waals surface area contributed by atoms with Gasteiger partial charge in [0, 0.05) is 5.56 Å². The van der Waals surface area contributed by atoms with Crippen LogP contribution in [0.2, 0.25) is 0 Å². The average Bonchev–Trinajstić information content (AvgIpc) is 3.01. The Morgan fingerprint density at radius 3 is 1.63 bits per heavy atom. The van der Waals surface area contributed by atoms with Crippen LogP contribution >= 0.6 is 0 Å². The Labute approximate surface area is 142 Å². The molecule has 12 heteroatoms. The highest BCUT2D eigenvalue weighted by molar-refractivity contribution is 5.94. The van der Waals surface area contributed by atoms with Crippen molar-refractivity contribution in [3.63, 3.8) is 0 Å². The van der Waals surface area contributed by atoms with Gasteiger partial charge < -0.3 is 0 Å². The first kappa shape index (κ1) is 19.0. The summed E-state index contributed by atoms with van der Waals surface area (Å²) in [7, 11) is 0. The van der Waals surface area contributed by atoms with Gasteiger partial charge in [-0.1, -0.05) is 0 Å². The first-order chi connectivity index (χ1) is 12.3. The van der Waals surface area contributed by atoms with Crippen molar-refractivity contribution in [3.05, 3.63) is 52.6 Å². The summed E-state index contributed by atoms with van der Waals surface area (Å²) in [6.45, 7) is 0. The van der Waals surface area contributed by atoms with Crippen molar-refractivity contribution in [1.82, 2.24) is 10.2 Å². The minimum atomic E-state index is -5.21. The predicted molar refractivity (Wildman–Crippen MR) is 71.4 cm³/mol. The summed E-state index contributed by atoms with van der Waals surface area (Å²) in [5.41, 5.74) is -6.41. The van der Waals surface area contributed by atoms with Crippen LogP contribution in [0.5, 0.6) is 0 Å². The highest BCUT2D eigenvalue weighted by atomic mass is 19.4. The number of nitrogens with one attached hydrogen (secondary N) is 1. The van der Waals surface area contributed by atoms with Crippen LogP contribution in [0.3, 0.4) is 0 Å². The monoisotopic (exact) mass is 402 g/mol. The molecule has 0 atom stereocenters. The number of aromatic amines is 1. The van der Waals surface area contributed by atoms with Crippen molar-refractivity contribution in [2.75, 3.05) is 0 Å². The van der Waals surface area contributed by atoms with E-state index in [0.717, 1.165) is 0 Å². The van der Waals surface area contributed by atoms with Crippen LogP contribution in [0.25, 0.3) is 22.2 Å². The van der Waals surface area contributed by atoms with Crippen LogP contribution < -0.4 is 0 Å². The summed E-state index contributed by atoms with van der Waals surface area (Å²) in [5.74, 6) is -8.44. The van der Waals surface area contributed by atoms with Gasteiger partial charge in [0.25, 0.3) is 0 Å². The lowest BCUT2D eigenvalue weighted by molar-refractivity contribution is -0.143. The third-order valence-electron chi connectivity index (χ3n) is 3.64. The number of hydrogen-bond donors (Lipinski definition) is 1. The molecule has 0 amide bonds. The van der Waals surface area contributed by atoms with Gasteiger partial charge in [-0.05, 0) is 18.2 Å². The van der Waals surface area contributed by atoms with E-state index in [0.29, 0.717) is 0 Å². The molecule has 1 heterocycles. The molecule has 0 bridgehead atoms. The highest BCUT2D eigenvalue weighted by Gasteiger charge is 2.37. The van der Waals surface area contributed by atoms with Gasteiger partial charge in [0.2, 0.25) is 0 Å². The highest BCUT2D eigenvalue weighted by Crippen LogP contribution is 2.40. The fourth-order valence-electron chi connectivity index (χ4n) is 2.43. The first-order valence-corrected chi connectivity index (χ1v) is 6.82. The lowest BCUT2D eigenvalue weighted by Gasteiger charge is -2.13. The van der Waals surface area contributed by atoms with E-state index in [-0.39, 0.29) is 18.2 Å². The summed E-state index contributed by atoms with van der Waals surface area (Å²) in [6.07, 6.45) is -10.4. The lowest BCUT2D eigenvalue weighted by Crippen LogP contribution is -2.11. The number of benzene rings is 2.